The first-order chi connectivity index (χ1) is 9.24. The summed E-state index contributed by atoms with van der Waals surface area (Å²) >= 11 is 2.79. The van der Waals surface area contributed by atoms with Crippen LogP contribution in [0.3, 0.4) is 0 Å². The zero-order chi connectivity index (χ0) is 15.0. The topological polar surface area (TPSA) is 37.4 Å². The van der Waals surface area contributed by atoms with E-state index in [1.165, 1.54) is 10.4 Å². The van der Waals surface area contributed by atoms with Gasteiger partial charge in [0.05, 0.1) is 10.5 Å². The van der Waals surface area contributed by atoms with Crippen LogP contribution in [0, 0.1) is 0 Å². The van der Waals surface area contributed by atoms with Crippen LogP contribution in [0.5, 0.6) is 0 Å². The van der Waals surface area contributed by atoms with Crippen LogP contribution in [-0.2, 0) is 16.2 Å². The van der Waals surface area contributed by atoms with Crippen molar-refractivity contribution in [2.24, 2.45) is 0 Å². The van der Waals surface area contributed by atoms with Crippen LogP contribution in [0.15, 0.2) is 27.6 Å². The molecule has 20 heavy (non-hydrogen) atoms. The third-order valence-electron chi connectivity index (χ3n) is 3.20. The number of alkyl halides is 3. The lowest BCUT2D eigenvalue weighted by Crippen LogP contribution is -2.36. The molecule has 0 spiro atoms. The highest BCUT2D eigenvalue weighted by atomic mass is 79.9. The first-order valence-electron chi connectivity index (χ1n) is 6.10. The molecule has 0 unspecified atom stereocenters. The summed E-state index contributed by atoms with van der Waals surface area (Å²) in [4.78, 5) is -0.325. The highest BCUT2D eigenvalue weighted by molar-refractivity contribution is 9.10. The van der Waals surface area contributed by atoms with Gasteiger partial charge in [-0.1, -0.05) is 12.5 Å². The second-order valence-electron chi connectivity index (χ2n) is 4.58. The van der Waals surface area contributed by atoms with Gasteiger partial charge in [-0.3, -0.25) is 0 Å². The standard InChI is InChI=1S/C12H13BrF3NO2S/c13-11-9(12(14,15)16)5-4-6-10(11)20(18,19)17-7-2-1-3-8-17/h4-6H,1-3,7-8H2. The molecule has 0 amide bonds. The highest BCUT2D eigenvalue weighted by Crippen LogP contribution is 2.38. The molecule has 0 bridgehead atoms. The SMILES string of the molecule is O=S(=O)(c1cccc(C(F)(F)F)c1Br)N1CCCCC1. The predicted molar refractivity (Wildman–Crippen MR) is 71.8 cm³/mol. The second-order valence-corrected chi connectivity index (χ2v) is 7.28. The molecule has 2 rings (SSSR count). The molecule has 8 heteroatoms. The summed E-state index contributed by atoms with van der Waals surface area (Å²) < 4.78 is 64.1. The first kappa shape index (κ1) is 15.8. The van der Waals surface area contributed by atoms with E-state index in [9.17, 15) is 21.6 Å². The molecule has 1 heterocycles. The Morgan fingerprint density at radius 3 is 2.25 bits per heavy atom. The number of halogens is 4. The maximum atomic E-state index is 12.8. The number of hydrogen-bond donors (Lipinski definition) is 0. The van der Waals surface area contributed by atoms with Gasteiger partial charge in [0, 0.05) is 17.6 Å². The Balaban J connectivity index is 2.47. The van der Waals surface area contributed by atoms with Gasteiger partial charge in [-0.25, -0.2) is 8.42 Å². The Morgan fingerprint density at radius 1 is 1.10 bits per heavy atom. The number of hydrogen-bond acceptors (Lipinski definition) is 2. The number of rotatable bonds is 2. The molecule has 0 saturated carbocycles. The maximum Gasteiger partial charge on any atom is 0.417 e. The van der Waals surface area contributed by atoms with Crippen molar-refractivity contribution in [3.63, 3.8) is 0 Å². The van der Waals surface area contributed by atoms with E-state index in [1.54, 1.807) is 0 Å². The summed E-state index contributed by atoms with van der Waals surface area (Å²) in [5.41, 5.74) is -0.976. The fourth-order valence-electron chi connectivity index (χ4n) is 2.17. The van der Waals surface area contributed by atoms with Crippen molar-refractivity contribution < 1.29 is 21.6 Å². The Bertz CT molecular complexity index is 595. The molecule has 1 aromatic rings. The van der Waals surface area contributed by atoms with Gasteiger partial charge in [0.25, 0.3) is 0 Å². The van der Waals surface area contributed by atoms with E-state index in [0.29, 0.717) is 13.1 Å². The Kier molecular flexibility index (Phi) is 4.46. The number of nitrogens with zero attached hydrogens (tertiary/aromatic N) is 1. The number of benzene rings is 1. The normalized spacial score (nSPS) is 18.2. The fraction of sp³-hybridized carbons (Fsp3) is 0.500. The lowest BCUT2D eigenvalue weighted by Gasteiger charge is -2.26. The van der Waals surface area contributed by atoms with E-state index >= 15 is 0 Å². The van der Waals surface area contributed by atoms with Crippen LogP contribution in [-0.4, -0.2) is 25.8 Å². The summed E-state index contributed by atoms with van der Waals surface area (Å²) in [5, 5.41) is 0. The van der Waals surface area contributed by atoms with Crippen molar-refractivity contribution in [1.29, 1.82) is 0 Å². The van der Waals surface area contributed by atoms with E-state index in [0.717, 1.165) is 31.4 Å². The van der Waals surface area contributed by atoms with Crippen LogP contribution in [0.25, 0.3) is 0 Å². The van der Waals surface area contributed by atoms with E-state index in [2.05, 4.69) is 15.9 Å². The average molecular weight is 372 g/mol. The molecular weight excluding hydrogens is 359 g/mol. The fourth-order valence-corrected chi connectivity index (χ4v) is 4.88. The van der Waals surface area contributed by atoms with Crippen molar-refractivity contribution >= 4 is 26.0 Å². The van der Waals surface area contributed by atoms with E-state index in [4.69, 9.17) is 0 Å². The minimum Gasteiger partial charge on any atom is -0.207 e. The predicted octanol–water partition coefficient (Wildman–Crippen LogP) is 3.64. The molecule has 0 N–H and O–H groups in total. The average Bonchev–Trinajstić information content (AvgIpc) is 2.38. The zero-order valence-corrected chi connectivity index (χ0v) is 12.9. The van der Waals surface area contributed by atoms with Crippen molar-refractivity contribution in [1.82, 2.24) is 4.31 Å². The minimum atomic E-state index is -4.59. The van der Waals surface area contributed by atoms with Crippen LogP contribution in [0.2, 0.25) is 0 Å². The van der Waals surface area contributed by atoms with E-state index in [1.807, 2.05) is 0 Å². The third kappa shape index (κ3) is 3.01. The first-order valence-corrected chi connectivity index (χ1v) is 8.34. The lowest BCUT2D eigenvalue weighted by molar-refractivity contribution is -0.138. The second kappa shape index (κ2) is 5.65. The van der Waals surface area contributed by atoms with Gasteiger partial charge in [0.2, 0.25) is 10.0 Å². The molecule has 0 radical (unpaired) electrons. The lowest BCUT2D eigenvalue weighted by atomic mass is 10.2. The van der Waals surface area contributed by atoms with Gasteiger partial charge < -0.3 is 0 Å². The number of sulfonamides is 1. The van der Waals surface area contributed by atoms with Crippen LogP contribution in [0.4, 0.5) is 13.2 Å². The van der Waals surface area contributed by atoms with Crippen molar-refractivity contribution in [2.75, 3.05) is 13.1 Å². The Morgan fingerprint density at radius 2 is 1.70 bits per heavy atom. The molecule has 1 saturated heterocycles. The molecule has 0 aliphatic carbocycles. The van der Waals surface area contributed by atoms with Crippen molar-refractivity contribution in [3.05, 3.63) is 28.2 Å². The molecule has 1 fully saturated rings. The quantitative estimate of drug-likeness (QED) is 0.795. The minimum absolute atomic E-state index is 0.325. The summed E-state index contributed by atoms with van der Waals surface area (Å²) in [6.45, 7) is 0.704. The summed E-state index contributed by atoms with van der Waals surface area (Å²) in [6, 6.07) is 3.17. The summed E-state index contributed by atoms with van der Waals surface area (Å²) in [6.07, 6.45) is -2.19. The van der Waals surface area contributed by atoms with Crippen LogP contribution in [0.1, 0.15) is 24.8 Å². The third-order valence-corrected chi connectivity index (χ3v) is 6.26. The van der Waals surface area contributed by atoms with Crippen LogP contribution >= 0.6 is 15.9 Å². The van der Waals surface area contributed by atoms with Gasteiger partial charge >= 0.3 is 6.18 Å². The van der Waals surface area contributed by atoms with Crippen LogP contribution < -0.4 is 0 Å². The molecule has 0 aromatic heterocycles. The molecule has 112 valence electrons. The van der Waals surface area contributed by atoms with Gasteiger partial charge in [0.15, 0.2) is 0 Å². The largest absolute Gasteiger partial charge is 0.417 e. The van der Waals surface area contributed by atoms with Crippen molar-refractivity contribution in [2.45, 2.75) is 30.3 Å². The molecule has 3 nitrogen and oxygen atoms in total. The number of piperidine rings is 1. The smallest absolute Gasteiger partial charge is 0.207 e. The Hall–Kier alpha value is -0.600. The summed E-state index contributed by atoms with van der Waals surface area (Å²) in [7, 11) is -3.89. The highest BCUT2D eigenvalue weighted by Gasteiger charge is 2.36. The summed E-state index contributed by atoms with van der Waals surface area (Å²) in [5.74, 6) is 0. The zero-order valence-electron chi connectivity index (χ0n) is 10.5. The molecule has 1 aliphatic heterocycles. The monoisotopic (exact) mass is 371 g/mol. The van der Waals surface area contributed by atoms with E-state index in [-0.39, 0.29) is 4.90 Å². The molecule has 0 atom stereocenters. The van der Waals surface area contributed by atoms with Gasteiger partial charge in [-0.2, -0.15) is 17.5 Å². The molecule has 1 aromatic carbocycles. The van der Waals surface area contributed by atoms with Gasteiger partial charge in [-0.05, 0) is 40.9 Å². The maximum absolute atomic E-state index is 12.8. The van der Waals surface area contributed by atoms with Gasteiger partial charge in [-0.15, -0.1) is 0 Å². The Labute approximate surface area is 123 Å². The van der Waals surface area contributed by atoms with Gasteiger partial charge in [0.1, 0.15) is 0 Å². The molecule has 1 aliphatic rings. The molecular formula is C12H13BrF3NO2S. The van der Waals surface area contributed by atoms with Crippen molar-refractivity contribution in [3.8, 4) is 0 Å². The van der Waals surface area contributed by atoms with E-state index < -0.39 is 26.2 Å².